The molecule has 8 heteroatoms. The fourth-order valence-electron chi connectivity index (χ4n) is 16.6. The molecule has 3 aliphatic heterocycles. The van der Waals surface area contributed by atoms with Crippen molar-refractivity contribution in [3.05, 3.63) is 401 Å². The molecule has 468 valence electrons. The number of aliphatic imine (C=N–C) groups is 2. The molecule has 0 saturated heterocycles. The van der Waals surface area contributed by atoms with Crippen LogP contribution in [0.4, 0.5) is 0 Å². The second kappa shape index (κ2) is 23.3. The first-order chi connectivity index (χ1) is 49.6. The SMILES string of the molecule is c1ccc(-c2nc(-c3ccccc3-c3ccccc3)nc(-c3cccc4c3Sc3ccccc3C43c4ccccc4-c4c(-c5ccc(C6=NC(c7ccccc7)NC(c7cccc8c7Sc7ccccc7C87c8ccccc8-c8ccccc87)=N6)cc5-c5ccccc5)cccc43)n2)cc1. The van der Waals surface area contributed by atoms with E-state index >= 15 is 0 Å². The smallest absolute Gasteiger partial charge is 0.165 e. The molecule has 0 amide bonds. The Labute approximate surface area is 588 Å². The standard InChI is InChI=1S/C92H58N6S2/c1-5-28-57(29-6-1)62-36-13-14-39-67(62)88-94-86(60-34-11-4-12-35-60)96-90(98-88)70-43-27-51-79-84(70)100-81-53-24-22-48-76(81)92(79)74-46-20-17-40-68(74)82-66(41-25-49-77(82)92)63-55-54-61(56-71(63)58-30-7-2-8-31-58)87-93-85(59-32-9-3-10-33-59)95-89(97-87)69-42-26-50-78-83(69)99-80-52-23-21-47-75(80)91(78)72-44-18-15-37-64(72)65-38-16-19-45-73(65)91/h1-56,85H,(H,93,95,97). The lowest BCUT2D eigenvalue weighted by molar-refractivity contribution is 0.671. The van der Waals surface area contributed by atoms with E-state index in [4.69, 9.17) is 24.9 Å². The van der Waals surface area contributed by atoms with Crippen molar-refractivity contribution in [2.45, 2.75) is 36.6 Å². The maximum atomic E-state index is 5.70. The van der Waals surface area contributed by atoms with E-state index < -0.39 is 17.0 Å². The maximum Gasteiger partial charge on any atom is 0.165 e. The summed E-state index contributed by atoms with van der Waals surface area (Å²) in [5, 5.41) is 3.92. The highest BCUT2D eigenvalue weighted by molar-refractivity contribution is 8.00. The highest BCUT2D eigenvalue weighted by atomic mass is 32.2. The van der Waals surface area contributed by atoms with Crippen LogP contribution in [0.2, 0.25) is 0 Å². The average Bonchev–Trinajstić information content (AvgIpc) is 1.49. The molecule has 6 nitrogen and oxygen atoms in total. The first kappa shape index (κ1) is 58.1. The molecule has 1 aromatic heterocycles. The summed E-state index contributed by atoms with van der Waals surface area (Å²) < 4.78 is 0. The molecule has 0 radical (unpaired) electrons. The Morgan fingerprint density at radius 1 is 0.270 bits per heavy atom. The van der Waals surface area contributed by atoms with Gasteiger partial charge in [-0.3, -0.25) is 0 Å². The van der Waals surface area contributed by atoms with Gasteiger partial charge < -0.3 is 5.32 Å². The molecular formula is C92H58N6S2. The number of fused-ring (bicyclic) bond motifs is 18. The predicted octanol–water partition coefficient (Wildman–Crippen LogP) is 22.0. The van der Waals surface area contributed by atoms with Crippen molar-refractivity contribution in [2.24, 2.45) is 9.98 Å². The summed E-state index contributed by atoms with van der Waals surface area (Å²) >= 11 is 3.65. The van der Waals surface area contributed by atoms with E-state index in [1.165, 1.54) is 81.4 Å². The fraction of sp³-hybridized carbons (Fsp3) is 0.0326. The molecular weight excluding hydrogens is 1250 g/mol. The van der Waals surface area contributed by atoms with Crippen LogP contribution < -0.4 is 5.32 Å². The number of hydrogen-bond donors (Lipinski definition) is 1. The number of nitrogens with zero attached hydrogens (tertiary/aromatic N) is 5. The highest BCUT2D eigenvalue weighted by Gasteiger charge is 2.53. The van der Waals surface area contributed by atoms with Gasteiger partial charge in [-0.2, -0.15) is 0 Å². The average molecular weight is 1310 g/mol. The zero-order valence-corrected chi connectivity index (χ0v) is 55.6. The van der Waals surface area contributed by atoms with Gasteiger partial charge in [-0.25, -0.2) is 24.9 Å². The van der Waals surface area contributed by atoms with Crippen molar-refractivity contribution >= 4 is 35.2 Å². The first-order valence-electron chi connectivity index (χ1n) is 34.0. The second-order valence-corrected chi connectivity index (χ2v) is 28.1. The molecule has 0 bridgehead atoms. The van der Waals surface area contributed by atoms with Crippen LogP contribution in [0.3, 0.4) is 0 Å². The molecule has 15 aromatic rings. The largest absolute Gasteiger partial charge is 0.344 e. The van der Waals surface area contributed by atoms with Gasteiger partial charge in [0.2, 0.25) is 0 Å². The predicted molar refractivity (Wildman–Crippen MR) is 407 cm³/mol. The van der Waals surface area contributed by atoms with Gasteiger partial charge in [-0.15, -0.1) is 0 Å². The Kier molecular flexibility index (Phi) is 13.5. The number of nitrogens with one attached hydrogen (secondary N) is 1. The number of benzene rings is 14. The Morgan fingerprint density at radius 2 is 0.690 bits per heavy atom. The molecule has 14 aromatic carbocycles. The summed E-state index contributed by atoms with van der Waals surface area (Å²) in [5.41, 5.74) is 26.1. The van der Waals surface area contributed by atoms with Crippen molar-refractivity contribution in [1.82, 2.24) is 20.3 Å². The van der Waals surface area contributed by atoms with Crippen LogP contribution in [0, 0.1) is 0 Å². The zero-order chi connectivity index (χ0) is 65.9. The molecule has 2 atom stereocenters. The minimum atomic E-state index is -0.734. The molecule has 0 saturated carbocycles. The van der Waals surface area contributed by atoms with E-state index in [1.807, 2.05) is 30.0 Å². The van der Waals surface area contributed by atoms with Gasteiger partial charge in [0.1, 0.15) is 12.0 Å². The van der Waals surface area contributed by atoms with Crippen molar-refractivity contribution in [3.8, 4) is 89.8 Å². The first-order valence-corrected chi connectivity index (χ1v) is 35.6. The van der Waals surface area contributed by atoms with Crippen LogP contribution in [0.1, 0.15) is 67.4 Å². The Hall–Kier alpha value is -12.1. The number of rotatable bonds is 9. The van der Waals surface area contributed by atoms with Gasteiger partial charge in [0.25, 0.3) is 0 Å². The fourth-order valence-corrected chi connectivity index (χ4v) is 19.2. The van der Waals surface area contributed by atoms with E-state index in [2.05, 4.69) is 327 Å². The quantitative estimate of drug-likeness (QED) is 0.155. The van der Waals surface area contributed by atoms with Crippen LogP contribution in [-0.2, 0) is 10.8 Å². The van der Waals surface area contributed by atoms with E-state index in [9.17, 15) is 0 Å². The summed E-state index contributed by atoms with van der Waals surface area (Å²) in [5.74, 6) is 3.28. The molecule has 2 spiro atoms. The van der Waals surface area contributed by atoms with Gasteiger partial charge in [0, 0.05) is 47.4 Å². The van der Waals surface area contributed by atoms with E-state index in [0.29, 0.717) is 23.3 Å². The lowest BCUT2D eigenvalue weighted by atomic mass is 9.67. The van der Waals surface area contributed by atoms with Crippen molar-refractivity contribution in [3.63, 3.8) is 0 Å². The molecule has 2 aliphatic carbocycles. The molecule has 1 N–H and O–H groups in total. The summed E-state index contributed by atoms with van der Waals surface area (Å²) in [6.45, 7) is 0. The lowest BCUT2D eigenvalue weighted by Gasteiger charge is -2.40. The minimum absolute atomic E-state index is 0.429. The van der Waals surface area contributed by atoms with Crippen LogP contribution in [-0.4, -0.2) is 26.6 Å². The third kappa shape index (κ3) is 8.83. The topological polar surface area (TPSA) is 75.4 Å². The maximum absolute atomic E-state index is 5.70. The summed E-state index contributed by atoms with van der Waals surface area (Å²) in [7, 11) is 0. The Balaban J connectivity index is 0.763. The Morgan fingerprint density at radius 3 is 1.31 bits per heavy atom. The molecule has 20 rings (SSSR count). The summed E-state index contributed by atoms with van der Waals surface area (Å²) in [4.78, 5) is 32.2. The van der Waals surface area contributed by atoms with E-state index in [-0.39, 0.29) is 0 Å². The minimum Gasteiger partial charge on any atom is -0.344 e. The van der Waals surface area contributed by atoms with Crippen LogP contribution >= 0.6 is 23.5 Å². The second-order valence-electron chi connectivity index (χ2n) is 26.0. The molecule has 4 heterocycles. The van der Waals surface area contributed by atoms with E-state index in [0.717, 1.165) is 77.5 Å². The zero-order valence-electron chi connectivity index (χ0n) is 54.0. The number of hydrogen-bond acceptors (Lipinski definition) is 8. The molecule has 2 unspecified atom stereocenters. The number of aromatic nitrogens is 3. The van der Waals surface area contributed by atoms with Gasteiger partial charge in [-0.1, -0.05) is 345 Å². The van der Waals surface area contributed by atoms with Crippen molar-refractivity contribution in [1.29, 1.82) is 0 Å². The molecule has 5 aliphatic rings. The third-order valence-electron chi connectivity index (χ3n) is 20.8. The van der Waals surface area contributed by atoms with Crippen molar-refractivity contribution < 1.29 is 0 Å². The highest BCUT2D eigenvalue weighted by Crippen LogP contribution is 2.66. The van der Waals surface area contributed by atoms with E-state index in [1.54, 1.807) is 11.8 Å². The monoisotopic (exact) mass is 1310 g/mol. The Bertz CT molecular complexity index is 5870. The van der Waals surface area contributed by atoms with Crippen LogP contribution in [0.25, 0.3) is 89.8 Å². The molecule has 0 fully saturated rings. The van der Waals surface area contributed by atoms with Gasteiger partial charge in [0.05, 0.1) is 10.8 Å². The van der Waals surface area contributed by atoms with Crippen molar-refractivity contribution in [2.75, 3.05) is 0 Å². The molecule has 100 heavy (non-hydrogen) atoms. The number of amidine groups is 2. The van der Waals surface area contributed by atoms with Gasteiger partial charge in [-0.05, 0) is 124 Å². The van der Waals surface area contributed by atoms with Crippen LogP contribution in [0.5, 0.6) is 0 Å². The van der Waals surface area contributed by atoms with Gasteiger partial charge in [0.15, 0.2) is 23.3 Å². The van der Waals surface area contributed by atoms with Crippen LogP contribution in [0.15, 0.2) is 369 Å². The third-order valence-corrected chi connectivity index (χ3v) is 23.2. The lowest BCUT2D eigenvalue weighted by Crippen LogP contribution is -2.36. The van der Waals surface area contributed by atoms with Gasteiger partial charge >= 0.3 is 0 Å². The summed E-state index contributed by atoms with van der Waals surface area (Å²) in [6, 6.07) is 123. The summed E-state index contributed by atoms with van der Waals surface area (Å²) in [6.07, 6.45) is -0.429. The normalized spacial score (nSPS) is 15.9.